The first-order chi connectivity index (χ1) is 11.0. The lowest BCUT2D eigenvalue weighted by molar-refractivity contribution is 0.0839. The number of thiazole rings is 1. The predicted molar refractivity (Wildman–Crippen MR) is 90.5 cm³/mol. The Labute approximate surface area is 141 Å². The van der Waals surface area contributed by atoms with Crippen LogP contribution in [0.2, 0.25) is 0 Å². The molecule has 6 nitrogen and oxygen atoms in total. The summed E-state index contributed by atoms with van der Waals surface area (Å²) in [6, 6.07) is 0.179. The minimum Gasteiger partial charge on any atom is -0.338 e. The molecule has 23 heavy (non-hydrogen) atoms. The molecule has 0 aliphatic carbocycles. The molecular weight excluding hydrogens is 310 g/mol. The van der Waals surface area contributed by atoms with E-state index in [1.54, 1.807) is 11.3 Å². The van der Waals surface area contributed by atoms with Gasteiger partial charge in [-0.25, -0.2) is 4.98 Å². The fourth-order valence-electron chi connectivity index (χ4n) is 2.83. The van der Waals surface area contributed by atoms with Crippen LogP contribution in [0.1, 0.15) is 55.1 Å². The molecule has 0 bridgehead atoms. The summed E-state index contributed by atoms with van der Waals surface area (Å²) >= 11 is 1.72. The molecule has 1 atom stereocenters. The molecule has 0 radical (unpaired) electrons. The largest absolute Gasteiger partial charge is 0.338 e. The molecule has 0 amide bonds. The van der Waals surface area contributed by atoms with Gasteiger partial charge in [-0.3, -0.25) is 9.80 Å². The van der Waals surface area contributed by atoms with E-state index in [1.165, 1.54) is 5.69 Å². The molecule has 0 spiro atoms. The van der Waals surface area contributed by atoms with Gasteiger partial charge in [0.2, 0.25) is 5.89 Å². The first-order valence-electron chi connectivity index (χ1n) is 8.24. The number of hydrogen-bond acceptors (Lipinski definition) is 7. The van der Waals surface area contributed by atoms with Crippen LogP contribution in [-0.4, -0.2) is 51.1 Å². The first-order valence-corrected chi connectivity index (χ1v) is 9.12. The number of aryl methyl sites for hydroxylation is 1. The van der Waals surface area contributed by atoms with E-state index in [0.29, 0.717) is 5.92 Å². The van der Waals surface area contributed by atoms with Crippen LogP contribution in [0.3, 0.4) is 0 Å². The van der Waals surface area contributed by atoms with Crippen LogP contribution in [0, 0.1) is 6.92 Å². The van der Waals surface area contributed by atoms with Crippen LogP contribution < -0.4 is 0 Å². The highest BCUT2D eigenvalue weighted by Crippen LogP contribution is 2.22. The van der Waals surface area contributed by atoms with Crippen LogP contribution in [-0.2, 0) is 6.54 Å². The van der Waals surface area contributed by atoms with Crippen molar-refractivity contribution in [2.75, 3.05) is 26.2 Å². The van der Waals surface area contributed by atoms with Crippen LogP contribution in [0.4, 0.5) is 0 Å². The van der Waals surface area contributed by atoms with E-state index in [1.807, 2.05) is 0 Å². The van der Waals surface area contributed by atoms with E-state index in [4.69, 9.17) is 4.52 Å². The van der Waals surface area contributed by atoms with Crippen LogP contribution in [0.15, 0.2) is 9.90 Å². The van der Waals surface area contributed by atoms with Gasteiger partial charge in [0.1, 0.15) is 0 Å². The smallest absolute Gasteiger partial charge is 0.243 e. The number of aromatic nitrogens is 3. The lowest BCUT2D eigenvalue weighted by atomic mass is 10.2. The van der Waals surface area contributed by atoms with Crippen molar-refractivity contribution in [3.05, 3.63) is 27.8 Å². The minimum atomic E-state index is 0.179. The Bertz CT molecular complexity index is 630. The van der Waals surface area contributed by atoms with E-state index < -0.39 is 0 Å². The molecule has 1 aliphatic heterocycles. The fraction of sp³-hybridized carbons (Fsp3) is 0.688. The zero-order valence-electron chi connectivity index (χ0n) is 14.3. The van der Waals surface area contributed by atoms with Gasteiger partial charge in [0.05, 0.1) is 16.7 Å². The molecule has 3 heterocycles. The summed E-state index contributed by atoms with van der Waals surface area (Å²) in [6.07, 6.45) is 0. The average Bonchev–Trinajstić information content (AvgIpc) is 3.17. The molecule has 126 valence electrons. The molecular formula is C16H25N5OS. The third-order valence-electron chi connectivity index (χ3n) is 4.34. The summed E-state index contributed by atoms with van der Waals surface area (Å²) in [7, 11) is 0. The molecule has 7 heteroatoms. The SMILES string of the molecule is Cc1nc(CN2CCN(C(C)c3nc(C(C)C)no3)CC2)cs1. The Morgan fingerprint density at radius 1 is 1.17 bits per heavy atom. The Kier molecular flexibility index (Phi) is 5.08. The maximum atomic E-state index is 5.44. The monoisotopic (exact) mass is 335 g/mol. The molecule has 2 aromatic rings. The Morgan fingerprint density at radius 3 is 2.48 bits per heavy atom. The van der Waals surface area contributed by atoms with Gasteiger partial charge in [-0.15, -0.1) is 11.3 Å². The van der Waals surface area contributed by atoms with Crippen LogP contribution >= 0.6 is 11.3 Å². The molecule has 1 saturated heterocycles. The number of hydrogen-bond donors (Lipinski definition) is 0. The predicted octanol–water partition coefficient (Wildman–Crippen LogP) is 2.84. The maximum Gasteiger partial charge on any atom is 0.243 e. The summed E-state index contributed by atoms with van der Waals surface area (Å²) < 4.78 is 5.44. The van der Waals surface area contributed by atoms with Crippen molar-refractivity contribution in [3.8, 4) is 0 Å². The summed E-state index contributed by atoms with van der Waals surface area (Å²) in [5.74, 6) is 1.83. The van der Waals surface area contributed by atoms with E-state index in [9.17, 15) is 0 Å². The Balaban J connectivity index is 1.53. The van der Waals surface area contributed by atoms with Crippen molar-refractivity contribution in [2.24, 2.45) is 0 Å². The van der Waals surface area contributed by atoms with Gasteiger partial charge < -0.3 is 4.52 Å². The summed E-state index contributed by atoms with van der Waals surface area (Å²) in [4.78, 5) is 14.0. The zero-order valence-corrected chi connectivity index (χ0v) is 15.1. The first kappa shape index (κ1) is 16.5. The third kappa shape index (κ3) is 3.97. The standard InChI is InChI=1S/C16H25N5OS/c1-11(2)15-18-16(22-19-15)12(3)21-7-5-20(6-8-21)9-14-10-23-13(4)17-14/h10-12H,5-9H2,1-4H3. The van der Waals surface area contributed by atoms with Crippen molar-refractivity contribution in [1.82, 2.24) is 24.9 Å². The molecule has 1 unspecified atom stereocenters. The second-order valence-corrected chi connectivity index (χ2v) is 7.55. The van der Waals surface area contributed by atoms with Crippen LogP contribution in [0.25, 0.3) is 0 Å². The quantitative estimate of drug-likeness (QED) is 0.837. The van der Waals surface area contributed by atoms with E-state index in [0.717, 1.165) is 49.4 Å². The Hall–Kier alpha value is -1.31. The van der Waals surface area contributed by atoms with E-state index in [2.05, 4.69) is 58.0 Å². The molecule has 0 saturated carbocycles. The number of nitrogens with zero attached hydrogens (tertiary/aromatic N) is 5. The highest BCUT2D eigenvalue weighted by atomic mass is 32.1. The molecule has 1 fully saturated rings. The molecule has 0 aromatic carbocycles. The van der Waals surface area contributed by atoms with E-state index in [-0.39, 0.29) is 6.04 Å². The zero-order chi connectivity index (χ0) is 16.4. The van der Waals surface area contributed by atoms with Gasteiger partial charge in [-0.05, 0) is 13.8 Å². The van der Waals surface area contributed by atoms with Crippen molar-refractivity contribution in [3.63, 3.8) is 0 Å². The van der Waals surface area contributed by atoms with Gasteiger partial charge in [0, 0.05) is 44.0 Å². The topological polar surface area (TPSA) is 58.3 Å². The van der Waals surface area contributed by atoms with Gasteiger partial charge in [0.15, 0.2) is 5.82 Å². The van der Waals surface area contributed by atoms with Gasteiger partial charge >= 0.3 is 0 Å². The number of rotatable bonds is 5. The fourth-order valence-corrected chi connectivity index (χ4v) is 3.43. The summed E-state index contributed by atoms with van der Waals surface area (Å²) in [5, 5.41) is 7.38. The molecule has 1 aliphatic rings. The highest BCUT2D eigenvalue weighted by Gasteiger charge is 2.26. The van der Waals surface area contributed by atoms with Gasteiger partial charge in [0.25, 0.3) is 0 Å². The summed E-state index contributed by atoms with van der Waals surface area (Å²) in [6.45, 7) is 13.5. The maximum absolute atomic E-state index is 5.44. The van der Waals surface area contributed by atoms with E-state index >= 15 is 0 Å². The van der Waals surface area contributed by atoms with Gasteiger partial charge in [-0.2, -0.15) is 4.98 Å². The average molecular weight is 335 g/mol. The van der Waals surface area contributed by atoms with Crippen molar-refractivity contribution in [1.29, 1.82) is 0 Å². The lowest BCUT2D eigenvalue weighted by Crippen LogP contribution is -2.46. The number of piperazine rings is 1. The molecule has 0 N–H and O–H groups in total. The molecule has 3 rings (SSSR count). The van der Waals surface area contributed by atoms with Crippen LogP contribution in [0.5, 0.6) is 0 Å². The molecule has 2 aromatic heterocycles. The van der Waals surface area contributed by atoms with Gasteiger partial charge in [-0.1, -0.05) is 19.0 Å². The minimum absolute atomic E-state index is 0.179. The van der Waals surface area contributed by atoms with Crippen molar-refractivity contribution < 1.29 is 4.52 Å². The lowest BCUT2D eigenvalue weighted by Gasteiger charge is -2.36. The highest BCUT2D eigenvalue weighted by molar-refractivity contribution is 7.09. The normalized spacial score (nSPS) is 18.7. The second-order valence-electron chi connectivity index (χ2n) is 6.49. The van der Waals surface area contributed by atoms with Crippen molar-refractivity contribution in [2.45, 2.75) is 46.2 Å². The third-order valence-corrected chi connectivity index (χ3v) is 5.16. The Morgan fingerprint density at radius 2 is 1.91 bits per heavy atom. The van der Waals surface area contributed by atoms with Crippen molar-refractivity contribution >= 4 is 11.3 Å². The summed E-state index contributed by atoms with van der Waals surface area (Å²) in [5.41, 5.74) is 1.19. The second kappa shape index (κ2) is 7.07.